The van der Waals surface area contributed by atoms with Crippen LogP contribution in [0, 0.1) is 0 Å². The van der Waals surface area contributed by atoms with Gasteiger partial charge in [-0.15, -0.1) is 0 Å². The summed E-state index contributed by atoms with van der Waals surface area (Å²) in [4.78, 5) is 34.2. The molecule has 0 unspecified atom stereocenters. The average molecular weight is 417 g/mol. The van der Waals surface area contributed by atoms with E-state index >= 15 is 0 Å². The summed E-state index contributed by atoms with van der Waals surface area (Å²) in [6, 6.07) is 26.1. The Morgan fingerprint density at radius 2 is 1.40 bits per heavy atom. The zero-order chi connectivity index (χ0) is 21.1. The molecule has 148 valence electrons. The van der Waals surface area contributed by atoms with E-state index in [2.05, 4.69) is 0 Å². The van der Waals surface area contributed by atoms with Crippen molar-refractivity contribution in [3.05, 3.63) is 90.0 Å². The minimum absolute atomic E-state index is 0.327. The maximum atomic E-state index is 12.3. The third-order valence-corrected chi connectivity index (χ3v) is 4.84. The number of halogens is 1. The quantitative estimate of drug-likeness (QED) is 0.425. The Labute approximate surface area is 178 Å². The molecule has 0 saturated heterocycles. The van der Waals surface area contributed by atoms with Gasteiger partial charge in [0.15, 0.2) is 5.82 Å². The first-order valence-corrected chi connectivity index (χ1v) is 9.66. The largest absolute Gasteiger partial charge is 0.398 e. The third kappa shape index (κ3) is 3.75. The van der Waals surface area contributed by atoms with Crippen molar-refractivity contribution in [2.45, 2.75) is 6.92 Å². The molecule has 6 heteroatoms. The lowest BCUT2D eigenvalue weighted by molar-refractivity contribution is -0.153. The Balaban J connectivity index is 2.05. The van der Waals surface area contributed by atoms with E-state index in [1.807, 2.05) is 66.7 Å². The molecule has 0 amide bonds. The van der Waals surface area contributed by atoms with Gasteiger partial charge in [-0.1, -0.05) is 84.4 Å². The number of rotatable bonds is 5. The van der Waals surface area contributed by atoms with Crippen LogP contribution >= 0.6 is 11.6 Å². The van der Waals surface area contributed by atoms with Crippen molar-refractivity contribution in [2.75, 3.05) is 0 Å². The van der Waals surface area contributed by atoms with E-state index in [9.17, 15) is 9.59 Å². The van der Waals surface area contributed by atoms with Gasteiger partial charge in [0.1, 0.15) is 11.4 Å². The highest BCUT2D eigenvalue weighted by Gasteiger charge is 2.26. The van der Waals surface area contributed by atoms with E-state index < -0.39 is 11.8 Å². The predicted octanol–water partition coefficient (Wildman–Crippen LogP) is 5.08. The topological polar surface area (TPSA) is 61.2 Å². The average Bonchev–Trinajstić information content (AvgIpc) is 3.14. The van der Waals surface area contributed by atoms with Crippen molar-refractivity contribution in [1.29, 1.82) is 0 Å². The minimum atomic E-state index is -0.988. The first kappa shape index (κ1) is 19.6. The highest BCUT2D eigenvalue weighted by molar-refractivity contribution is 6.33. The number of hydrogen-bond donors (Lipinski definition) is 0. The molecule has 5 nitrogen and oxygen atoms in total. The molecule has 0 aliphatic rings. The standard InChI is InChI=1S/C24H17ClN2O3/c1-16(28)24(29)30-27-22(18-12-6-3-7-13-18)21(17-10-4-2-5-11-17)26-23(27)19-14-8-9-15-20(19)25/h2-15H,1H3. The summed E-state index contributed by atoms with van der Waals surface area (Å²) >= 11 is 6.42. The summed E-state index contributed by atoms with van der Waals surface area (Å²) in [5.41, 5.74) is 3.34. The first-order valence-electron chi connectivity index (χ1n) is 9.28. The summed E-state index contributed by atoms with van der Waals surface area (Å²) in [6.07, 6.45) is 0. The van der Waals surface area contributed by atoms with Gasteiger partial charge in [0.2, 0.25) is 5.78 Å². The molecule has 4 rings (SSSR count). The highest BCUT2D eigenvalue weighted by Crippen LogP contribution is 2.37. The molecule has 3 aromatic carbocycles. The first-order chi connectivity index (χ1) is 14.6. The molecule has 0 saturated carbocycles. The maximum absolute atomic E-state index is 12.3. The predicted molar refractivity (Wildman–Crippen MR) is 116 cm³/mol. The van der Waals surface area contributed by atoms with Gasteiger partial charge in [-0.25, -0.2) is 9.78 Å². The van der Waals surface area contributed by atoms with E-state index in [1.165, 1.54) is 4.73 Å². The van der Waals surface area contributed by atoms with Gasteiger partial charge in [-0.05, 0) is 12.1 Å². The second-order valence-corrected chi connectivity index (χ2v) is 6.98. The molecule has 1 aromatic heterocycles. The summed E-state index contributed by atoms with van der Waals surface area (Å²) < 4.78 is 1.29. The minimum Gasteiger partial charge on any atom is -0.326 e. The molecule has 1 heterocycles. The van der Waals surface area contributed by atoms with Crippen LogP contribution in [-0.4, -0.2) is 21.5 Å². The second kappa shape index (κ2) is 8.35. The van der Waals surface area contributed by atoms with Crippen LogP contribution in [0.4, 0.5) is 0 Å². The van der Waals surface area contributed by atoms with Crippen LogP contribution in [0.2, 0.25) is 5.02 Å². The van der Waals surface area contributed by atoms with Crippen LogP contribution < -0.4 is 4.84 Å². The maximum Gasteiger partial charge on any atom is 0.398 e. The number of aromatic nitrogens is 2. The molecule has 0 N–H and O–H groups in total. The summed E-state index contributed by atoms with van der Waals surface area (Å²) in [5, 5.41) is 0.446. The van der Waals surface area contributed by atoms with Gasteiger partial charge >= 0.3 is 5.97 Å². The fraction of sp³-hybridized carbons (Fsp3) is 0.0417. The van der Waals surface area contributed by atoms with Gasteiger partial charge in [0.05, 0.1) is 5.02 Å². The van der Waals surface area contributed by atoms with Gasteiger partial charge in [-0.3, -0.25) is 4.79 Å². The smallest absolute Gasteiger partial charge is 0.326 e. The Morgan fingerprint density at radius 1 is 0.833 bits per heavy atom. The molecule has 0 radical (unpaired) electrons. The van der Waals surface area contributed by atoms with Gasteiger partial charge in [0.25, 0.3) is 0 Å². The number of benzene rings is 3. The second-order valence-electron chi connectivity index (χ2n) is 6.57. The molecule has 0 aliphatic heterocycles. The molecule has 30 heavy (non-hydrogen) atoms. The summed E-state index contributed by atoms with van der Waals surface area (Å²) in [7, 11) is 0. The summed E-state index contributed by atoms with van der Waals surface area (Å²) in [5.74, 6) is -1.38. The molecular formula is C24H17ClN2O3. The lowest BCUT2D eigenvalue weighted by Crippen LogP contribution is -2.26. The van der Waals surface area contributed by atoms with E-state index in [-0.39, 0.29) is 0 Å². The SMILES string of the molecule is CC(=O)C(=O)On1c(-c2ccccc2Cl)nc(-c2ccccc2)c1-c1ccccc1. The van der Waals surface area contributed by atoms with Crippen LogP contribution in [0.15, 0.2) is 84.9 Å². The number of nitrogens with zero attached hydrogens (tertiary/aromatic N) is 2. The molecule has 0 atom stereocenters. The van der Waals surface area contributed by atoms with Crippen molar-refractivity contribution in [3.63, 3.8) is 0 Å². The number of carbonyl (C=O) groups is 2. The monoisotopic (exact) mass is 416 g/mol. The van der Waals surface area contributed by atoms with Crippen molar-refractivity contribution in [1.82, 2.24) is 9.71 Å². The van der Waals surface area contributed by atoms with Crippen molar-refractivity contribution in [2.24, 2.45) is 0 Å². The summed E-state index contributed by atoms with van der Waals surface area (Å²) in [6.45, 7) is 1.16. The van der Waals surface area contributed by atoms with Crippen molar-refractivity contribution in [3.8, 4) is 33.9 Å². The van der Waals surface area contributed by atoms with Gasteiger partial charge in [0, 0.05) is 23.6 Å². The van der Waals surface area contributed by atoms with Gasteiger partial charge in [-0.2, -0.15) is 4.73 Å². The van der Waals surface area contributed by atoms with Crippen LogP contribution in [-0.2, 0) is 9.59 Å². The molecular weight excluding hydrogens is 400 g/mol. The Morgan fingerprint density at radius 3 is 2.00 bits per heavy atom. The third-order valence-electron chi connectivity index (χ3n) is 4.51. The normalized spacial score (nSPS) is 10.6. The fourth-order valence-corrected chi connectivity index (χ4v) is 3.32. The van der Waals surface area contributed by atoms with E-state index in [4.69, 9.17) is 21.4 Å². The lowest BCUT2D eigenvalue weighted by Gasteiger charge is -2.12. The lowest BCUT2D eigenvalue weighted by atomic mass is 10.1. The van der Waals surface area contributed by atoms with Crippen molar-refractivity contribution < 1.29 is 14.4 Å². The molecule has 0 spiro atoms. The Hall–Kier alpha value is -3.70. The van der Waals surface area contributed by atoms with Crippen molar-refractivity contribution >= 4 is 23.4 Å². The van der Waals surface area contributed by atoms with Crippen LogP contribution in [0.25, 0.3) is 33.9 Å². The van der Waals surface area contributed by atoms with Crippen LogP contribution in [0.1, 0.15) is 6.92 Å². The van der Waals surface area contributed by atoms with Crippen LogP contribution in [0.3, 0.4) is 0 Å². The number of hydrogen-bond acceptors (Lipinski definition) is 4. The zero-order valence-corrected chi connectivity index (χ0v) is 16.8. The number of imidazole rings is 1. The Bertz CT molecular complexity index is 1220. The molecule has 0 fully saturated rings. The highest BCUT2D eigenvalue weighted by atomic mass is 35.5. The fourth-order valence-electron chi connectivity index (χ4n) is 3.10. The van der Waals surface area contributed by atoms with E-state index in [1.54, 1.807) is 18.2 Å². The molecule has 0 bridgehead atoms. The van der Waals surface area contributed by atoms with Gasteiger partial charge < -0.3 is 4.84 Å². The number of carbonyl (C=O) groups excluding carboxylic acids is 2. The number of Topliss-reactive ketones (excluding diaryl/α,β-unsaturated/α-hetero) is 1. The molecule has 0 aliphatic carbocycles. The zero-order valence-electron chi connectivity index (χ0n) is 16.1. The molecule has 4 aromatic rings. The van der Waals surface area contributed by atoms with E-state index in [0.29, 0.717) is 27.8 Å². The van der Waals surface area contributed by atoms with Crippen LogP contribution in [0.5, 0.6) is 0 Å². The number of ketones is 1. The Kier molecular flexibility index (Phi) is 5.46. The van der Waals surface area contributed by atoms with E-state index in [0.717, 1.165) is 18.1 Å².